The predicted octanol–water partition coefficient (Wildman–Crippen LogP) is 1.69. The Morgan fingerprint density at radius 3 is 2.80 bits per heavy atom. The summed E-state index contributed by atoms with van der Waals surface area (Å²) in [7, 11) is 1.66. The van der Waals surface area contributed by atoms with Gasteiger partial charge >= 0.3 is 0 Å². The maximum Gasteiger partial charge on any atom is 0.151 e. The zero-order valence-corrected chi connectivity index (χ0v) is 11.5. The van der Waals surface area contributed by atoms with Gasteiger partial charge in [-0.05, 0) is 30.7 Å². The highest BCUT2D eigenvalue weighted by Gasteiger charge is 2.20. The topological polar surface area (TPSA) is 64.3 Å². The van der Waals surface area contributed by atoms with Crippen molar-refractivity contribution in [3.8, 4) is 17.0 Å². The quantitative estimate of drug-likeness (QED) is 0.919. The second-order valence-corrected chi connectivity index (χ2v) is 5.00. The SMILES string of the molecule is COc1cccc(-c2ccc(N3CCC(N)C3)nn2)c1. The lowest BCUT2D eigenvalue weighted by Gasteiger charge is -2.16. The molecule has 2 heterocycles. The molecule has 3 rings (SSSR count). The van der Waals surface area contributed by atoms with E-state index in [1.54, 1.807) is 7.11 Å². The van der Waals surface area contributed by atoms with Crippen LogP contribution in [0.1, 0.15) is 6.42 Å². The molecule has 0 amide bonds. The van der Waals surface area contributed by atoms with Crippen LogP contribution in [0.3, 0.4) is 0 Å². The van der Waals surface area contributed by atoms with E-state index in [-0.39, 0.29) is 6.04 Å². The third kappa shape index (κ3) is 2.58. The summed E-state index contributed by atoms with van der Waals surface area (Å²) in [5.41, 5.74) is 7.76. The molecule has 1 saturated heterocycles. The van der Waals surface area contributed by atoms with E-state index in [0.29, 0.717) is 0 Å². The maximum absolute atomic E-state index is 5.91. The van der Waals surface area contributed by atoms with Crippen LogP contribution in [-0.4, -0.2) is 36.4 Å². The second kappa shape index (κ2) is 5.46. The van der Waals surface area contributed by atoms with E-state index in [9.17, 15) is 0 Å². The van der Waals surface area contributed by atoms with Gasteiger partial charge in [-0.15, -0.1) is 10.2 Å². The number of nitrogens with zero attached hydrogens (tertiary/aromatic N) is 3. The summed E-state index contributed by atoms with van der Waals surface area (Å²) in [5.74, 6) is 1.71. The molecule has 5 nitrogen and oxygen atoms in total. The molecule has 1 aliphatic rings. The number of ether oxygens (including phenoxy) is 1. The van der Waals surface area contributed by atoms with Crippen LogP contribution in [0.15, 0.2) is 36.4 Å². The fourth-order valence-electron chi connectivity index (χ4n) is 2.43. The van der Waals surface area contributed by atoms with Crippen molar-refractivity contribution >= 4 is 5.82 Å². The number of aromatic nitrogens is 2. The summed E-state index contributed by atoms with van der Waals surface area (Å²) in [6, 6.07) is 12.0. The molecule has 1 aromatic heterocycles. The Morgan fingerprint density at radius 1 is 1.25 bits per heavy atom. The molecule has 0 radical (unpaired) electrons. The van der Waals surface area contributed by atoms with E-state index in [1.165, 1.54) is 0 Å². The Labute approximate surface area is 118 Å². The van der Waals surface area contributed by atoms with Gasteiger partial charge in [0.15, 0.2) is 5.82 Å². The van der Waals surface area contributed by atoms with Crippen molar-refractivity contribution in [2.45, 2.75) is 12.5 Å². The number of hydrogen-bond donors (Lipinski definition) is 1. The fraction of sp³-hybridized carbons (Fsp3) is 0.333. The largest absolute Gasteiger partial charge is 0.497 e. The molecular weight excluding hydrogens is 252 g/mol. The lowest BCUT2D eigenvalue weighted by atomic mass is 10.1. The van der Waals surface area contributed by atoms with Crippen molar-refractivity contribution in [3.05, 3.63) is 36.4 Å². The Balaban J connectivity index is 1.82. The van der Waals surface area contributed by atoms with Crippen molar-refractivity contribution in [2.24, 2.45) is 5.73 Å². The van der Waals surface area contributed by atoms with Crippen LogP contribution >= 0.6 is 0 Å². The third-order valence-corrected chi connectivity index (χ3v) is 3.56. The smallest absolute Gasteiger partial charge is 0.151 e. The average molecular weight is 270 g/mol. The van der Waals surface area contributed by atoms with Crippen molar-refractivity contribution in [1.82, 2.24) is 10.2 Å². The molecule has 0 bridgehead atoms. The van der Waals surface area contributed by atoms with Crippen LogP contribution in [0.4, 0.5) is 5.82 Å². The number of benzene rings is 1. The van der Waals surface area contributed by atoms with E-state index >= 15 is 0 Å². The first-order valence-corrected chi connectivity index (χ1v) is 6.75. The minimum Gasteiger partial charge on any atom is -0.497 e. The summed E-state index contributed by atoms with van der Waals surface area (Å²) in [5, 5.41) is 8.61. The van der Waals surface area contributed by atoms with Crippen molar-refractivity contribution in [1.29, 1.82) is 0 Å². The van der Waals surface area contributed by atoms with Gasteiger partial charge in [0.1, 0.15) is 5.75 Å². The van der Waals surface area contributed by atoms with E-state index in [2.05, 4.69) is 15.1 Å². The van der Waals surface area contributed by atoms with Gasteiger partial charge in [-0.2, -0.15) is 0 Å². The van der Waals surface area contributed by atoms with Gasteiger partial charge in [-0.25, -0.2) is 0 Å². The van der Waals surface area contributed by atoms with Gasteiger partial charge in [0, 0.05) is 24.7 Å². The highest BCUT2D eigenvalue weighted by Crippen LogP contribution is 2.23. The van der Waals surface area contributed by atoms with Crippen LogP contribution in [-0.2, 0) is 0 Å². The molecule has 20 heavy (non-hydrogen) atoms. The summed E-state index contributed by atoms with van der Waals surface area (Å²) < 4.78 is 5.22. The number of methoxy groups -OCH3 is 1. The van der Waals surface area contributed by atoms with Crippen LogP contribution in [0.5, 0.6) is 5.75 Å². The molecule has 0 aliphatic carbocycles. The van der Waals surface area contributed by atoms with E-state index in [1.807, 2.05) is 36.4 Å². The Hall–Kier alpha value is -2.14. The van der Waals surface area contributed by atoms with E-state index in [0.717, 1.165) is 42.3 Å². The molecule has 0 saturated carbocycles. The van der Waals surface area contributed by atoms with Crippen molar-refractivity contribution in [3.63, 3.8) is 0 Å². The molecule has 5 heteroatoms. The number of anilines is 1. The molecule has 2 aromatic rings. The van der Waals surface area contributed by atoms with Crippen molar-refractivity contribution in [2.75, 3.05) is 25.1 Å². The molecule has 1 aliphatic heterocycles. The molecule has 1 fully saturated rings. The summed E-state index contributed by atoms with van der Waals surface area (Å²) in [4.78, 5) is 2.17. The van der Waals surface area contributed by atoms with Gasteiger partial charge in [0.05, 0.1) is 12.8 Å². The molecular formula is C15H18N4O. The molecule has 1 aromatic carbocycles. The monoisotopic (exact) mass is 270 g/mol. The molecule has 104 valence electrons. The van der Waals surface area contributed by atoms with Crippen LogP contribution in [0, 0.1) is 0 Å². The highest BCUT2D eigenvalue weighted by atomic mass is 16.5. The predicted molar refractivity (Wildman–Crippen MR) is 78.8 cm³/mol. The molecule has 2 N–H and O–H groups in total. The summed E-state index contributed by atoms with van der Waals surface area (Å²) in [6.45, 7) is 1.81. The number of nitrogens with two attached hydrogens (primary N) is 1. The molecule has 0 spiro atoms. The van der Waals surface area contributed by atoms with Gasteiger partial charge in [-0.3, -0.25) is 0 Å². The Bertz CT molecular complexity index is 585. The zero-order valence-electron chi connectivity index (χ0n) is 11.5. The highest BCUT2D eigenvalue weighted by molar-refractivity contribution is 5.61. The molecule has 1 atom stereocenters. The standard InChI is InChI=1S/C15H18N4O/c1-20-13-4-2-3-11(9-13)14-5-6-15(18-17-14)19-8-7-12(16)10-19/h2-6,9,12H,7-8,10,16H2,1H3. The number of rotatable bonds is 3. The fourth-order valence-corrected chi connectivity index (χ4v) is 2.43. The minimum absolute atomic E-state index is 0.245. The van der Waals surface area contributed by atoms with Crippen LogP contribution < -0.4 is 15.4 Å². The van der Waals surface area contributed by atoms with Crippen molar-refractivity contribution < 1.29 is 4.74 Å². The first-order chi connectivity index (χ1) is 9.76. The summed E-state index contributed by atoms with van der Waals surface area (Å²) >= 11 is 0. The zero-order chi connectivity index (χ0) is 13.9. The van der Waals surface area contributed by atoms with Gasteiger partial charge in [0.25, 0.3) is 0 Å². The second-order valence-electron chi connectivity index (χ2n) is 5.00. The maximum atomic E-state index is 5.91. The Morgan fingerprint density at radius 2 is 2.15 bits per heavy atom. The lowest BCUT2D eigenvalue weighted by molar-refractivity contribution is 0.415. The van der Waals surface area contributed by atoms with E-state index < -0.39 is 0 Å². The normalized spacial score (nSPS) is 18.3. The lowest BCUT2D eigenvalue weighted by Crippen LogP contribution is -2.27. The molecule has 1 unspecified atom stereocenters. The van der Waals surface area contributed by atoms with Gasteiger partial charge in [-0.1, -0.05) is 12.1 Å². The van der Waals surface area contributed by atoms with Gasteiger partial charge < -0.3 is 15.4 Å². The van der Waals surface area contributed by atoms with Crippen LogP contribution in [0.25, 0.3) is 11.3 Å². The minimum atomic E-state index is 0.245. The van der Waals surface area contributed by atoms with Gasteiger partial charge in [0.2, 0.25) is 0 Å². The number of hydrogen-bond acceptors (Lipinski definition) is 5. The third-order valence-electron chi connectivity index (χ3n) is 3.56. The Kier molecular flexibility index (Phi) is 3.52. The summed E-state index contributed by atoms with van der Waals surface area (Å²) in [6.07, 6.45) is 1.01. The van der Waals surface area contributed by atoms with E-state index in [4.69, 9.17) is 10.5 Å². The first-order valence-electron chi connectivity index (χ1n) is 6.75. The first kappa shape index (κ1) is 12.9. The van der Waals surface area contributed by atoms with Crippen LogP contribution in [0.2, 0.25) is 0 Å². The average Bonchev–Trinajstić information content (AvgIpc) is 2.94.